The first-order chi connectivity index (χ1) is 11.2. The molecule has 2 heterocycles. The van der Waals surface area contributed by atoms with Crippen LogP contribution in [0.3, 0.4) is 0 Å². The molecule has 0 N–H and O–H groups in total. The number of carbonyl (C=O) groups excluding carboxylic acids is 1. The fourth-order valence-electron chi connectivity index (χ4n) is 5.88. The number of rotatable bonds is 7. The average molecular weight is 322 g/mol. The van der Waals surface area contributed by atoms with Crippen LogP contribution in [-0.4, -0.2) is 42.0 Å². The van der Waals surface area contributed by atoms with E-state index in [2.05, 4.69) is 11.8 Å². The molecule has 0 bridgehead atoms. The van der Waals surface area contributed by atoms with Crippen LogP contribution in [0.1, 0.15) is 84.0 Å². The highest BCUT2D eigenvalue weighted by atomic mass is 16.5. The fraction of sp³-hybridized carbons (Fsp3) is 0.950. The van der Waals surface area contributed by atoms with Crippen LogP contribution in [0.5, 0.6) is 0 Å². The number of unbranched alkanes of at least 4 members (excludes halogenated alkanes) is 3. The molecule has 132 valence electrons. The SMILES string of the molecule is CCCCCC[C@H]1CC(=O)C2CCCC[C@@]23CC[C@H](COC)N13. The van der Waals surface area contributed by atoms with Gasteiger partial charge in [-0.15, -0.1) is 0 Å². The normalized spacial score (nSPS) is 37.7. The van der Waals surface area contributed by atoms with Crippen LogP contribution in [0.25, 0.3) is 0 Å². The third-order valence-electron chi connectivity index (χ3n) is 6.79. The standard InChI is InChI=1S/C20H35NO2/c1-3-4-5-6-9-16-14-19(22)18-10-7-8-12-20(18)13-11-17(15-23-2)21(16)20/h16-18H,3-15H2,1-2H3/t16-,17+,18?,20+/m0/s1. The number of piperidine rings is 1. The Balaban J connectivity index is 1.77. The van der Waals surface area contributed by atoms with Crippen LogP contribution in [-0.2, 0) is 9.53 Å². The zero-order valence-corrected chi connectivity index (χ0v) is 15.2. The highest BCUT2D eigenvalue weighted by Gasteiger charge is 2.58. The lowest BCUT2D eigenvalue weighted by atomic mass is 9.65. The van der Waals surface area contributed by atoms with Crippen LogP contribution >= 0.6 is 0 Å². The molecule has 3 fully saturated rings. The number of nitrogens with zero attached hydrogens (tertiary/aromatic N) is 1. The van der Waals surface area contributed by atoms with Gasteiger partial charge in [-0.1, -0.05) is 45.4 Å². The second kappa shape index (κ2) is 7.65. The van der Waals surface area contributed by atoms with Gasteiger partial charge in [-0.2, -0.15) is 0 Å². The van der Waals surface area contributed by atoms with Gasteiger partial charge in [-0.3, -0.25) is 9.69 Å². The first-order valence-corrected chi connectivity index (χ1v) is 10.0. The molecule has 1 spiro atoms. The summed E-state index contributed by atoms with van der Waals surface area (Å²) >= 11 is 0. The third-order valence-corrected chi connectivity index (χ3v) is 6.79. The van der Waals surface area contributed by atoms with Gasteiger partial charge in [-0.25, -0.2) is 0 Å². The van der Waals surface area contributed by atoms with Crippen molar-refractivity contribution in [3.8, 4) is 0 Å². The summed E-state index contributed by atoms with van der Waals surface area (Å²) in [4.78, 5) is 15.7. The van der Waals surface area contributed by atoms with Gasteiger partial charge in [0.25, 0.3) is 0 Å². The highest BCUT2D eigenvalue weighted by Crippen LogP contribution is 2.53. The fourth-order valence-corrected chi connectivity index (χ4v) is 5.88. The van der Waals surface area contributed by atoms with Gasteiger partial charge in [0.05, 0.1) is 6.61 Å². The van der Waals surface area contributed by atoms with Crippen molar-refractivity contribution >= 4 is 5.78 Å². The van der Waals surface area contributed by atoms with Crippen LogP contribution in [0.15, 0.2) is 0 Å². The molecule has 0 radical (unpaired) electrons. The molecule has 3 heteroatoms. The van der Waals surface area contributed by atoms with E-state index in [0.717, 1.165) is 19.4 Å². The molecule has 23 heavy (non-hydrogen) atoms. The average Bonchev–Trinajstić information content (AvgIpc) is 2.91. The monoisotopic (exact) mass is 321 g/mol. The van der Waals surface area contributed by atoms with Crippen molar-refractivity contribution in [2.75, 3.05) is 13.7 Å². The molecule has 3 rings (SSSR count). The summed E-state index contributed by atoms with van der Waals surface area (Å²) in [6.45, 7) is 3.11. The van der Waals surface area contributed by atoms with Crippen molar-refractivity contribution in [1.82, 2.24) is 4.90 Å². The minimum atomic E-state index is 0.201. The van der Waals surface area contributed by atoms with Crippen LogP contribution in [0.2, 0.25) is 0 Å². The summed E-state index contributed by atoms with van der Waals surface area (Å²) in [7, 11) is 1.83. The zero-order valence-electron chi connectivity index (χ0n) is 15.2. The molecule has 0 aromatic heterocycles. The van der Waals surface area contributed by atoms with E-state index in [1.54, 1.807) is 0 Å². The quantitative estimate of drug-likeness (QED) is 0.653. The third kappa shape index (κ3) is 3.24. The predicted molar refractivity (Wildman–Crippen MR) is 93.6 cm³/mol. The Morgan fingerprint density at radius 2 is 2.00 bits per heavy atom. The van der Waals surface area contributed by atoms with E-state index in [-0.39, 0.29) is 5.54 Å². The number of ketones is 1. The van der Waals surface area contributed by atoms with Gasteiger partial charge in [-0.05, 0) is 32.1 Å². The largest absolute Gasteiger partial charge is 0.383 e. The Morgan fingerprint density at radius 3 is 2.78 bits per heavy atom. The van der Waals surface area contributed by atoms with Gasteiger partial charge >= 0.3 is 0 Å². The summed E-state index contributed by atoms with van der Waals surface area (Å²) in [6, 6.07) is 1.03. The highest BCUT2D eigenvalue weighted by molar-refractivity contribution is 5.84. The molecule has 3 aliphatic rings. The van der Waals surface area contributed by atoms with Crippen LogP contribution < -0.4 is 0 Å². The van der Waals surface area contributed by atoms with Gasteiger partial charge < -0.3 is 4.74 Å². The molecule has 2 saturated heterocycles. The van der Waals surface area contributed by atoms with Crippen molar-refractivity contribution in [2.45, 2.75) is 102 Å². The van der Waals surface area contributed by atoms with E-state index in [4.69, 9.17) is 4.74 Å². The molecule has 0 aromatic rings. The van der Waals surface area contributed by atoms with Crippen molar-refractivity contribution in [2.24, 2.45) is 5.92 Å². The summed E-state index contributed by atoms with van der Waals surface area (Å²) in [6.07, 6.45) is 14.6. The molecule has 0 aromatic carbocycles. The Hall–Kier alpha value is -0.410. The minimum Gasteiger partial charge on any atom is -0.383 e. The number of methoxy groups -OCH3 is 1. The number of ether oxygens (including phenoxy) is 1. The minimum absolute atomic E-state index is 0.201. The Morgan fingerprint density at radius 1 is 1.13 bits per heavy atom. The topological polar surface area (TPSA) is 29.5 Å². The molecule has 1 saturated carbocycles. The lowest BCUT2D eigenvalue weighted by Crippen LogP contribution is -2.64. The Labute approximate surface area is 142 Å². The molecule has 4 atom stereocenters. The molecule has 0 amide bonds. The first kappa shape index (κ1) is 17.4. The molecule has 3 nitrogen and oxygen atoms in total. The summed E-state index contributed by atoms with van der Waals surface area (Å²) in [5.74, 6) is 0.907. The van der Waals surface area contributed by atoms with Gasteiger partial charge in [0.15, 0.2) is 0 Å². The maximum absolute atomic E-state index is 12.9. The van der Waals surface area contributed by atoms with E-state index in [1.807, 2.05) is 7.11 Å². The van der Waals surface area contributed by atoms with E-state index >= 15 is 0 Å². The van der Waals surface area contributed by atoms with Gasteiger partial charge in [0.1, 0.15) is 5.78 Å². The van der Waals surface area contributed by atoms with E-state index in [1.165, 1.54) is 64.2 Å². The number of carbonyl (C=O) groups is 1. The summed E-state index contributed by atoms with van der Waals surface area (Å²) in [5, 5.41) is 0. The van der Waals surface area contributed by atoms with Crippen molar-refractivity contribution < 1.29 is 9.53 Å². The lowest BCUT2D eigenvalue weighted by Gasteiger charge is -2.55. The van der Waals surface area contributed by atoms with Gasteiger partial charge in [0.2, 0.25) is 0 Å². The lowest BCUT2D eigenvalue weighted by molar-refractivity contribution is -0.144. The van der Waals surface area contributed by atoms with E-state index < -0.39 is 0 Å². The molecular formula is C20H35NO2. The Kier molecular flexibility index (Phi) is 5.79. The number of Topliss-reactive ketones (excluding diaryl/α,β-unsaturated/α-hetero) is 1. The maximum Gasteiger partial charge on any atom is 0.139 e. The number of hydrogen-bond acceptors (Lipinski definition) is 3. The smallest absolute Gasteiger partial charge is 0.139 e. The van der Waals surface area contributed by atoms with Crippen molar-refractivity contribution in [3.63, 3.8) is 0 Å². The van der Waals surface area contributed by atoms with E-state index in [0.29, 0.717) is 23.8 Å². The second-order valence-electron chi connectivity index (χ2n) is 8.13. The summed E-state index contributed by atoms with van der Waals surface area (Å²) < 4.78 is 5.54. The summed E-state index contributed by atoms with van der Waals surface area (Å²) in [5.41, 5.74) is 0.201. The molecule has 2 aliphatic heterocycles. The van der Waals surface area contributed by atoms with Gasteiger partial charge in [0, 0.05) is 37.1 Å². The van der Waals surface area contributed by atoms with Crippen LogP contribution in [0.4, 0.5) is 0 Å². The zero-order chi connectivity index (χ0) is 16.3. The molecule has 1 aliphatic carbocycles. The van der Waals surface area contributed by atoms with E-state index in [9.17, 15) is 4.79 Å². The Bertz CT molecular complexity index is 410. The first-order valence-electron chi connectivity index (χ1n) is 10.0. The van der Waals surface area contributed by atoms with Crippen molar-refractivity contribution in [1.29, 1.82) is 0 Å². The molecule has 1 unspecified atom stereocenters. The maximum atomic E-state index is 12.9. The van der Waals surface area contributed by atoms with Crippen LogP contribution in [0, 0.1) is 5.92 Å². The van der Waals surface area contributed by atoms with Crippen molar-refractivity contribution in [3.05, 3.63) is 0 Å². The second-order valence-corrected chi connectivity index (χ2v) is 8.13. The molecular weight excluding hydrogens is 286 g/mol. The predicted octanol–water partition coefficient (Wildman–Crippen LogP) is 4.34. The number of hydrogen-bond donors (Lipinski definition) is 0.